The van der Waals surface area contributed by atoms with Crippen LogP contribution in [0.2, 0.25) is 5.15 Å². The lowest BCUT2D eigenvalue weighted by Gasteiger charge is -2.20. The van der Waals surface area contributed by atoms with Crippen molar-refractivity contribution in [2.75, 3.05) is 27.3 Å². The fourth-order valence-corrected chi connectivity index (χ4v) is 4.26. The highest BCUT2D eigenvalue weighted by Gasteiger charge is 2.27. The zero-order chi connectivity index (χ0) is 24.9. The molecule has 0 bridgehead atoms. The lowest BCUT2D eigenvalue weighted by Crippen LogP contribution is -2.34. The van der Waals surface area contributed by atoms with Crippen LogP contribution < -0.4 is 20.3 Å². The number of ether oxygens (including phenoxy) is 2. The monoisotopic (exact) mass is 496 g/mol. The highest BCUT2D eigenvalue weighted by molar-refractivity contribution is 6.29. The molecule has 1 aliphatic rings. The fraction of sp³-hybridized carbons (Fsp3) is 0.280. The van der Waals surface area contributed by atoms with Crippen LogP contribution in [0.5, 0.6) is 11.5 Å². The lowest BCUT2D eigenvalue weighted by atomic mass is 10.1. The predicted octanol–water partition coefficient (Wildman–Crippen LogP) is 2.54. The maximum absolute atomic E-state index is 13.3. The molecule has 9 nitrogen and oxygen atoms in total. The Labute approximate surface area is 207 Å². The zero-order valence-electron chi connectivity index (χ0n) is 19.4. The second-order valence-electron chi connectivity index (χ2n) is 7.96. The molecule has 0 saturated carbocycles. The molecule has 10 heteroatoms. The Morgan fingerprint density at radius 1 is 1.06 bits per heavy atom. The third kappa shape index (κ3) is 5.30. The van der Waals surface area contributed by atoms with Crippen molar-refractivity contribution < 1.29 is 19.1 Å². The van der Waals surface area contributed by atoms with E-state index in [0.29, 0.717) is 36.3 Å². The average molecular weight is 497 g/mol. The van der Waals surface area contributed by atoms with Gasteiger partial charge in [0.25, 0.3) is 17.4 Å². The first-order valence-corrected chi connectivity index (χ1v) is 11.4. The van der Waals surface area contributed by atoms with E-state index in [4.69, 9.17) is 21.1 Å². The molecule has 1 aliphatic heterocycles. The third-order valence-corrected chi connectivity index (χ3v) is 6.12. The maximum atomic E-state index is 13.3. The highest BCUT2D eigenvalue weighted by Crippen LogP contribution is 2.24. The summed E-state index contributed by atoms with van der Waals surface area (Å²) in [5.74, 6) is 0.353. The number of benzene rings is 1. The second kappa shape index (κ2) is 10.6. The number of halogens is 1. The number of carbonyl (C=O) groups excluding carboxylic acids is 2. The van der Waals surface area contributed by atoms with Gasteiger partial charge in [0.05, 0.1) is 14.2 Å². The molecule has 0 radical (unpaired) electrons. The fourth-order valence-electron chi connectivity index (χ4n) is 4.09. The molecule has 1 N–H and O–H groups in total. The third-order valence-electron chi connectivity index (χ3n) is 5.91. The van der Waals surface area contributed by atoms with Crippen molar-refractivity contribution in [3.05, 3.63) is 86.6 Å². The molecule has 35 heavy (non-hydrogen) atoms. The van der Waals surface area contributed by atoms with Crippen LogP contribution in [0.25, 0.3) is 0 Å². The van der Waals surface area contributed by atoms with E-state index in [9.17, 15) is 14.4 Å². The minimum atomic E-state index is -0.359. The summed E-state index contributed by atoms with van der Waals surface area (Å²) in [4.78, 5) is 44.7. The molecule has 4 rings (SSSR count). The van der Waals surface area contributed by atoms with Crippen LogP contribution in [0.4, 0.5) is 0 Å². The maximum Gasteiger partial charge on any atom is 0.257 e. The first-order chi connectivity index (χ1) is 16.9. The van der Waals surface area contributed by atoms with Crippen molar-refractivity contribution in [2.24, 2.45) is 0 Å². The van der Waals surface area contributed by atoms with Crippen LogP contribution in [-0.2, 0) is 19.5 Å². The van der Waals surface area contributed by atoms with Gasteiger partial charge in [0.1, 0.15) is 22.2 Å². The quantitative estimate of drug-likeness (QED) is 0.526. The number of fused-ring (bicyclic) bond motifs is 1. The molecule has 0 atom stereocenters. The lowest BCUT2D eigenvalue weighted by molar-refractivity contribution is 0.0759. The molecule has 1 aromatic carbocycles. The van der Waals surface area contributed by atoms with Crippen molar-refractivity contribution in [2.45, 2.75) is 19.5 Å². The molecule has 2 amide bonds. The zero-order valence-corrected chi connectivity index (χ0v) is 20.2. The topological polar surface area (TPSA) is 103 Å². The van der Waals surface area contributed by atoms with Gasteiger partial charge in [-0.25, -0.2) is 4.98 Å². The summed E-state index contributed by atoms with van der Waals surface area (Å²) in [5, 5.41) is 3.13. The number of aromatic nitrogens is 2. The first-order valence-electron chi connectivity index (χ1n) is 11.0. The number of nitrogens with zero attached hydrogens (tertiary/aromatic N) is 3. The predicted molar refractivity (Wildman–Crippen MR) is 130 cm³/mol. The summed E-state index contributed by atoms with van der Waals surface area (Å²) in [6.45, 7) is 1.18. The SMILES string of the molecule is COc1ccc(CNC(=O)c2c(OC)cc(=O)n3c2CCN(C(=O)c2ccnc(Cl)c2)CC3)cc1. The number of hydrogen-bond acceptors (Lipinski definition) is 6. The van der Waals surface area contributed by atoms with Gasteiger partial charge in [-0.05, 0) is 29.8 Å². The van der Waals surface area contributed by atoms with Crippen LogP contribution in [0.15, 0.2) is 53.5 Å². The van der Waals surface area contributed by atoms with Crippen molar-refractivity contribution in [3.63, 3.8) is 0 Å². The van der Waals surface area contributed by atoms with E-state index in [1.807, 2.05) is 24.3 Å². The highest BCUT2D eigenvalue weighted by atomic mass is 35.5. The van der Waals surface area contributed by atoms with Crippen LogP contribution in [0, 0.1) is 0 Å². The van der Waals surface area contributed by atoms with Crippen molar-refractivity contribution >= 4 is 23.4 Å². The van der Waals surface area contributed by atoms with Gasteiger partial charge < -0.3 is 24.3 Å². The Bertz CT molecular complexity index is 1310. The number of carbonyl (C=O) groups is 2. The normalized spacial score (nSPS) is 12.9. The number of hydrogen-bond donors (Lipinski definition) is 1. The molecule has 3 heterocycles. The first kappa shape index (κ1) is 24.3. The van der Waals surface area contributed by atoms with Gasteiger partial charge in [0, 0.05) is 56.1 Å². The Morgan fingerprint density at radius 3 is 2.51 bits per heavy atom. The number of rotatable bonds is 6. The number of amides is 2. The summed E-state index contributed by atoms with van der Waals surface area (Å²) in [6, 6.07) is 11.8. The smallest absolute Gasteiger partial charge is 0.257 e. The van der Waals surface area contributed by atoms with Gasteiger partial charge in [0.2, 0.25) is 0 Å². The minimum absolute atomic E-state index is 0.203. The Hall–Kier alpha value is -3.85. The number of nitrogens with one attached hydrogen (secondary N) is 1. The second-order valence-corrected chi connectivity index (χ2v) is 8.35. The number of methoxy groups -OCH3 is 2. The van der Waals surface area contributed by atoms with Crippen molar-refractivity contribution in [1.82, 2.24) is 19.8 Å². The molecule has 0 aliphatic carbocycles. The molecular weight excluding hydrogens is 472 g/mol. The standard InChI is InChI=1S/C25H25ClN4O5/c1-34-18-5-3-16(4-6-18)15-28-24(32)23-19-8-10-29(25(33)17-7-9-27-21(26)13-17)11-12-30(19)22(31)14-20(23)35-2/h3-7,9,13-14H,8,10-12,15H2,1-2H3,(H,28,32). The Kier molecular flexibility index (Phi) is 7.36. The van der Waals surface area contributed by atoms with E-state index >= 15 is 0 Å². The van der Waals surface area contributed by atoms with E-state index in [2.05, 4.69) is 10.3 Å². The van der Waals surface area contributed by atoms with Crippen LogP contribution in [-0.4, -0.2) is 53.6 Å². The van der Waals surface area contributed by atoms with Crippen LogP contribution in [0.3, 0.4) is 0 Å². The van der Waals surface area contributed by atoms with Crippen LogP contribution >= 0.6 is 11.6 Å². The Balaban J connectivity index is 1.58. The molecule has 2 aromatic heterocycles. The van der Waals surface area contributed by atoms with E-state index in [0.717, 1.165) is 11.3 Å². The molecule has 182 valence electrons. The van der Waals surface area contributed by atoms with Crippen molar-refractivity contribution in [1.29, 1.82) is 0 Å². The molecule has 0 spiro atoms. The summed E-state index contributed by atoms with van der Waals surface area (Å²) in [7, 11) is 3.01. The average Bonchev–Trinajstić information content (AvgIpc) is 3.10. The van der Waals surface area contributed by atoms with Gasteiger partial charge in [-0.1, -0.05) is 23.7 Å². The Morgan fingerprint density at radius 2 is 1.83 bits per heavy atom. The van der Waals surface area contributed by atoms with Gasteiger partial charge in [0.15, 0.2) is 0 Å². The molecule has 0 unspecified atom stereocenters. The summed E-state index contributed by atoms with van der Waals surface area (Å²) in [6.07, 6.45) is 1.78. The molecular formula is C25H25ClN4O5. The minimum Gasteiger partial charge on any atom is -0.497 e. The van der Waals surface area contributed by atoms with Gasteiger partial charge >= 0.3 is 0 Å². The largest absolute Gasteiger partial charge is 0.497 e. The molecule has 0 fully saturated rings. The van der Waals surface area contributed by atoms with E-state index in [1.165, 1.54) is 30.0 Å². The molecule has 0 saturated heterocycles. The van der Waals surface area contributed by atoms with E-state index in [-0.39, 0.29) is 41.4 Å². The van der Waals surface area contributed by atoms with Crippen LogP contribution in [0.1, 0.15) is 32.0 Å². The van der Waals surface area contributed by atoms with Gasteiger partial charge in [-0.3, -0.25) is 14.4 Å². The molecule has 3 aromatic rings. The van der Waals surface area contributed by atoms with E-state index < -0.39 is 0 Å². The summed E-state index contributed by atoms with van der Waals surface area (Å²) < 4.78 is 12.1. The van der Waals surface area contributed by atoms with E-state index in [1.54, 1.807) is 18.1 Å². The van der Waals surface area contributed by atoms with Crippen molar-refractivity contribution in [3.8, 4) is 11.5 Å². The van der Waals surface area contributed by atoms with Gasteiger partial charge in [-0.2, -0.15) is 0 Å². The van der Waals surface area contributed by atoms with Gasteiger partial charge in [-0.15, -0.1) is 0 Å². The summed E-state index contributed by atoms with van der Waals surface area (Å²) >= 11 is 5.94. The summed E-state index contributed by atoms with van der Waals surface area (Å²) in [5.41, 5.74) is 1.85. The number of pyridine rings is 2.